The first-order valence-electron chi connectivity index (χ1n) is 5.64. The summed E-state index contributed by atoms with van der Waals surface area (Å²) in [6, 6.07) is 8.07. The predicted molar refractivity (Wildman–Crippen MR) is 66.1 cm³/mol. The number of rotatable bonds is 4. The highest BCUT2D eigenvalue weighted by Gasteiger charge is 2.05. The van der Waals surface area contributed by atoms with Gasteiger partial charge in [-0.2, -0.15) is 0 Å². The minimum Gasteiger partial charge on any atom is -0.396 e. The number of aromatic amines is 1. The fraction of sp³-hybridized carbons (Fsp3) is 0.308. The zero-order valence-corrected chi connectivity index (χ0v) is 9.81. The zero-order chi connectivity index (χ0) is 12.3. The molecule has 0 aliphatic rings. The maximum absolute atomic E-state index is 11.9. The first-order valence-corrected chi connectivity index (χ1v) is 5.64. The molecule has 90 valence electrons. The number of H-pyrrole nitrogens is 1. The Labute approximate surface area is 99.5 Å². The van der Waals surface area contributed by atoms with Gasteiger partial charge in [0.25, 0.3) is 5.56 Å². The van der Waals surface area contributed by atoms with Crippen LogP contribution in [0, 0.1) is 6.92 Å². The molecule has 2 rings (SSSR count). The molecule has 0 saturated carbocycles. The highest BCUT2D eigenvalue weighted by atomic mass is 16.3. The van der Waals surface area contributed by atoms with Crippen LogP contribution in [0.4, 0.5) is 0 Å². The summed E-state index contributed by atoms with van der Waals surface area (Å²) in [7, 11) is 0. The van der Waals surface area contributed by atoms with Crippen molar-refractivity contribution in [1.82, 2.24) is 9.78 Å². The van der Waals surface area contributed by atoms with Crippen LogP contribution in [-0.4, -0.2) is 21.5 Å². The second-order valence-electron chi connectivity index (χ2n) is 4.15. The third kappa shape index (κ3) is 2.65. The Morgan fingerprint density at radius 3 is 2.65 bits per heavy atom. The van der Waals surface area contributed by atoms with E-state index >= 15 is 0 Å². The van der Waals surface area contributed by atoms with Crippen molar-refractivity contribution >= 4 is 0 Å². The van der Waals surface area contributed by atoms with Crippen LogP contribution in [0.1, 0.15) is 16.7 Å². The lowest BCUT2D eigenvalue weighted by atomic mass is 10.1. The van der Waals surface area contributed by atoms with Crippen molar-refractivity contribution in [2.75, 3.05) is 6.61 Å². The summed E-state index contributed by atoms with van der Waals surface area (Å²) < 4.78 is 1.55. The summed E-state index contributed by atoms with van der Waals surface area (Å²) in [6.45, 7) is 2.56. The van der Waals surface area contributed by atoms with E-state index in [0.717, 1.165) is 5.56 Å². The maximum Gasteiger partial charge on any atom is 0.270 e. The second kappa shape index (κ2) is 5.01. The van der Waals surface area contributed by atoms with E-state index in [1.807, 2.05) is 31.2 Å². The number of hydrogen-bond donors (Lipinski definition) is 2. The Morgan fingerprint density at radius 2 is 2.00 bits per heavy atom. The van der Waals surface area contributed by atoms with Crippen molar-refractivity contribution in [3.05, 3.63) is 57.5 Å². The molecule has 0 bridgehead atoms. The predicted octanol–water partition coefficient (Wildman–Crippen LogP) is 1.07. The van der Waals surface area contributed by atoms with E-state index in [0.29, 0.717) is 18.5 Å². The summed E-state index contributed by atoms with van der Waals surface area (Å²) in [5, 5.41) is 11.7. The topological polar surface area (TPSA) is 58.0 Å². The van der Waals surface area contributed by atoms with E-state index in [9.17, 15) is 4.79 Å². The van der Waals surface area contributed by atoms with Crippen LogP contribution >= 0.6 is 0 Å². The third-order valence-corrected chi connectivity index (χ3v) is 2.76. The van der Waals surface area contributed by atoms with E-state index in [2.05, 4.69) is 5.10 Å². The Kier molecular flexibility index (Phi) is 3.44. The summed E-state index contributed by atoms with van der Waals surface area (Å²) in [5.41, 5.74) is 2.85. The third-order valence-electron chi connectivity index (χ3n) is 2.76. The lowest BCUT2D eigenvalue weighted by molar-refractivity contribution is 0.299. The Hall–Kier alpha value is -1.81. The summed E-state index contributed by atoms with van der Waals surface area (Å²) >= 11 is 0. The Morgan fingerprint density at radius 1 is 1.29 bits per heavy atom. The fourth-order valence-electron chi connectivity index (χ4n) is 1.74. The molecule has 17 heavy (non-hydrogen) atoms. The molecule has 4 nitrogen and oxygen atoms in total. The van der Waals surface area contributed by atoms with E-state index in [1.165, 1.54) is 5.56 Å². The fourth-order valence-corrected chi connectivity index (χ4v) is 1.74. The lowest BCUT2D eigenvalue weighted by Gasteiger charge is -2.02. The van der Waals surface area contributed by atoms with Gasteiger partial charge in [0.15, 0.2) is 0 Å². The molecule has 2 N–H and O–H groups in total. The largest absolute Gasteiger partial charge is 0.396 e. The molecule has 0 radical (unpaired) electrons. The number of aryl methyl sites for hydroxylation is 1. The monoisotopic (exact) mass is 232 g/mol. The van der Waals surface area contributed by atoms with E-state index < -0.39 is 0 Å². The minimum absolute atomic E-state index is 0.00236. The molecule has 0 aliphatic carbocycles. The van der Waals surface area contributed by atoms with Crippen LogP contribution in [0.25, 0.3) is 0 Å². The van der Waals surface area contributed by atoms with Crippen LogP contribution in [0.2, 0.25) is 0 Å². The van der Waals surface area contributed by atoms with Crippen LogP contribution in [0.5, 0.6) is 0 Å². The molecule has 0 saturated heterocycles. The van der Waals surface area contributed by atoms with Gasteiger partial charge in [-0.05, 0) is 12.5 Å². The molecule has 0 aliphatic heterocycles. The maximum atomic E-state index is 11.9. The molecule has 0 spiro atoms. The standard InChI is InChI=1S/C13H16N2O2/c1-10-2-4-11(5-3-10)9-15-13(17)12(6-7-16)8-14-15/h2-5,8,14,16H,6-7,9H2,1H3. The molecule has 0 unspecified atom stereocenters. The molecule has 0 atom stereocenters. The van der Waals surface area contributed by atoms with Gasteiger partial charge in [-0.3, -0.25) is 4.79 Å². The van der Waals surface area contributed by atoms with E-state index in [4.69, 9.17) is 5.11 Å². The van der Waals surface area contributed by atoms with Crippen LogP contribution < -0.4 is 5.56 Å². The number of nitrogens with zero attached hydrogens (tertiary/aromatic N) is 1. The number of hydrogen-bond acceptors (Lipinski definition) is 2. The van der Waals surface area contributed by atoms with Gasteiger partial charge in [0.1, 0.15) is 0 Å². The molecule has 4 heteroatoms. The summed E-state index contributed by atoms with van der Waals surface area (Å²) in [5.74, 6) is 0. The van der Waals surface area contributed by atoms with Gasteiger partial charge < -0.3 is 10.2 Å². The Balaban J connectivity index is 2.19. The molecule has 0 fully saturated rings. The molecular weight excluding hydrogens is 216 g/mol. The summed E-state index contributed by atoms with van der Waals surface area (Å²) in [6.07, 6.45) is 2.06. The number of benzene rings is 1. The van der Waals surface area contributed by atoms with Crippen molar-refractivity contribution < 1.29 is 5.11 Å². The Bertz CT molecular complexity index is 537. The van der Waals surface area contributed by atoms with Gasteiger partial charge in [0.2, 0.25) is 0 Å². The van der Waals surface area contributed by atoms with Crippen molar-refractivity contribution in [2.24, 2.45) is 0 Å². The zero-order valence-electron chi connectivity index (χ0n) is 9.81. The van der Waals surface area contributed by atoms with Crippen molar-refractivity contribution in [3.8, 4) is 0 Å². The van der Waals surface area contributed by atoms with Crippen molar-refractivity contribution in [3.63, 3.8) is 0 Å². The number of aliphatic hydroxyl groups excluding tert-OH is 1. The average molecular weight is 232 g/mol. The van der Waals surface area contributed by atoms with Gasteiger partial charge >= 0.3 is 0 Å². The first-order chi connectivity index (χ1) is 8.20. The highest BCUT2D eigenvalue weighted by molar-refractivity contribution is 5.21. The normalized spacial score (nSPS) is 10.7. The van der Waals surface area contributed by atoms with Gasteiger partial charge in [-0.15, -0.1) is 0 Å². The van der Waals surface area contributed by atoms with Crippen LogP contribution in [0.15, 0.2) is 35.3 Å². The average Bonchev–Trinajstić information content (AvgIpc) is 2.65. The molecular formula is C13H16N2O2. The van der Waals surface area contributed by atoms with Crippen LogP contribution in [-0.2, 0) is 13.0 Å². The number of aromatic nitrogens is 2. The SMILES string of the molecule is Cc1ccc(Cn2[nH]cc(CCO)c2=O)cc1. The number of aliphatic hydroxyl groups is 1. The number of nitrogens with one attached hydrogen (secondary N) is 1. The van der Waals surface area contributed by atoms with Crippen LogP contribution in [0.3, 0.4) is 0 Å². The van der Waals surface area contributed by atoms with Crippen molar-refractivity contribution in [2.45, 2.75) is 19.9 Å². The van der Waals surface area contributed by atoms with E-state index in [-0.39, 0.29) is 12.2 Å². The van der Waals surface area contributed by atoms with Crippen molar-refractivity contribution in [1.29, 1.82) is 0 Å². The van der Waals surface area contributed by atoms with Gasteiger partial charge in [0.05, 0.1) is 6.54 Å². The second-order valence-corrected chi connectivity index (χ2v) is 4.15. The minimum atomic E-state index is -0.0559. The molecule has 0 amide bonds. The quantitative estimate of drug-likeness (QED) is 0.828. The molecule has 1 aromatic heterocycles. The summed E-state index contributed by atoms with van der Waals surface area (Å²) in [4.78, 5) is 11.9. The highest BCUT2D eigenvalue weighted by Crippen LogP contribution is 2.04. The first kappa shape index (κ1) is 11.7. The van der Waals surface area contributed by atoms with Gasteiger partial charge in [-0.25, -0.2) is 4.68 Å². The molecule has 1 aromatic carbocycles. The smallest absolute Gasteiger partial charge is 0.270 e. The van der Waals surface area contributed by atoms with Gasteiger partial charge in [0, 0.05) is 24.8 Å². The molecule has 1 heterocycles. The van der Waals surface area contributed by atoms with E-state index in [1.54, 1.807) is 10.9 Å². The van der Waals surface area contributed by atoms with Gasteiger partial charge in [-0.1, -0.05) is 29.8 Å². The lowest BCUT2D eigenvalue weighted by Crippen LogP contribution is -2.20. The molecule has 2 aromatic rings.